The number of nitrogens with zero attached hydrogens (tertiary/aromatic N) is 5. The van der Waals surface area contributed by atoms with E-state index in [4.69, 9.17) is 0 Å². The average Bonchev–Trinajstić information content (AvgIpc) is 3.31. The summed E-state index contributed by atoms with van der Waals surface area (Å²) in [7, 11) is 0. The number of carbonyl (C=O) groups excluding carboxylic acids is 2. The molecule has 3 aromatic rings. The number of amides is 3. The Morgan fingerprint density at radius 2 is 1.81 bits per heavy atom. The molecule has 10 heteroatoms. The largest absolute Gasteiger partial charge is 0.322 e. The van der Waals surface area contributed by atoms with E-state index in [1.54, 1.807) is 29.4 Å². The number of benzene rings is 2. The predicted molar refractivity (Wildman–Crippen MR) is 133 cm³/mol. The minimum Gasteiger partial charge on any atom is -0.316 e. The van der Waals surface area contributed by atoms with Gasteiger partial charge in [-0.15, -0.1) is 0 Å². The molecule has 1 N–H and O–H groups in total. The van der Waals surface area contributed by atoms with Gasteiger partial charge in [0.15, 0.2) is 0 Å². The Labute approximate surface area is 207 Å². The molecule has 1 unspecified atom stereocenters. The van der Waals surface area contributed by atoms with E-state index in [0.717, 1.165) is 28.0 Å². The van der Waals surface area contributed by atoms with Gasteiger partial charge in [0, 0.05) is 55.6 Å². The van der Waals surface area contributed by atoms with E-state index < -0.39 is 4.92 Å². The summed E-state index contributed by atoms with van der Waals surface area (Å²) in [5, 5.41) is 19.8. The highest BCUT2D eigenvalue weighted by Crippen LogP contribution is 2.25. The molecule has 0 fully saturated rings. The molecule has 0 saturated heterocycles. The second kappa shape index (κ2) is 9.57. The maximum Gasteiger partial charge on any atom is 0.322 e. The Bertz CT molecular complexity index is 1330. The van der Waals surface area contributed by atoms with Crippen LogP contribution < -0.4 is 5.32 Å². The second-order valence-electron chi connectivity index (χ2n) is 8.97. The highest BCUT2D eigenvalue weighted by molar-refractivity contribution is 6.06. The number of nitro groups is 1. The van der Waals surface area contributed by atoms with Crippen molar-refractivity contribution in [1.29, 1.82) is 0 Å². The lowest BCUT2D eigenvalue weighted by Crippen LogP contribution is -2.35. The Kier molecular flexibility index (Phi) is 6.16. The fraction of sp³-hybridized carbons (Fsp3) is 0.231. The van der Waals surface area contributed by atoms with E-state index in [1.807, 2.05) is 37.3 Å². The minimum absolute atomic E-state index is 0.00000814. The lowest BCUT2D eigenvalue weighted by Gasteiger charge is -2.28. The molecule has 0 bridgehead atoms. The molecule has 1 aromatic heterocycles. The van der Waals surface area contributed by atoms with Crippen LogP contribution in [0.4, 0.5) is 16.2 Å². The molecule has 2 aliphatic heterocycles. The number of hydrazone groups is 1. The molecule has 0 spiro atoms. The zero-order chi connectivity index (χ0) is 25.2. The van der Waals surface area contributed by atoms with Gasteiger partial charge < -0.3 is 10.2 Å². The summed E-state index contributed by atoms with van der Waals surface area (Å²) in [6.45, 7) is 3.26. The molecule has 182 valence electrons. The van der Waals surface area contributed by atoms with Gasteiger partial charge in [-0.1, -0.05) is 31.2 Å². The second-order valence-corrected chi connectivity index (χ2v) is 8.97. The number of anilines is 1. The van der Waals surface area contributed by atoms with E-state index in [0.29, 0.717) is 25.2 Å². The summed E-state index contributed by atoms with van der Waals surface area (Å²) >= 11 is 0. The molecule has 0 aliphatic carbocycles. The first-order valence-electron chi connectivity index (χ1n) is 11.6. The number of fused-ring (bicyclic) bond motifs is 1. The first-order chi connectivity index (χ1) is 17.4. The van der Waals surface area contributed by atoms with Crippen molar-refractivity contribution in [1.82, 2.24) is 14.9 Å². The molecule has 5 rings (SSSR count). The van der Waals surface area contributed by atoms with Crippen LogP contribution in [0.3, 0.4) is 0 Å². The van der Waals surface area contributed by atoms with Gasteiger partial charge in [-0.05, 0) is 40.5 Å². The lowest BCUT2D eigenvalue weighted by atomic mass is 9.93. The summed E-state index contributed by atoms with van der Waals surface area (Å²) < 4.78 is 0. The number of urea groups is 1. The van der Waals surface area contributed by atoms with Crippen LogP contribution in [0, 0.1) is 16.0 Å². The molecule has 2 aromatic carbocycles. The highest BCUT2D eigenvalue weighted by Gasteiger charge is 2.28. The molecule has 0 saturated carbocycles. The number of hydrogen-bond donors (Lipinski definition) is 1. The van der Waals surface area contributed by atoms with Gasteiger partial charge in [-0.2, -0.15) is 5.10 Å². The molecule has 10 nitrogen and oxygen atoms in total. The number of nitro benzene ring substituents is 1. The Balaban J connectivity index is 1.27. The zero-order valence-electron chi connectivity index (χ0n) is 19.6. The van der Waals surface area contributed by atoms with Crippen LogP contribution in [0.2, 0.25) is 0 Å². The molecule has 3 amide bonds. The van der Waals surface area contributed by atoms with Crippen molar-refractivity contribution >= 4 is 29.0 Å². The Morgan fingerprint density at radius 3 is 2.50 bits per heavy atom. The van der Waals surface area contributed by atoms with Crippen LogP contribution in [0.15, 0.2) is 72.1 Å². The number of pyridine rings is 1. The number of nitrogens with one attached hydrogen (secondary N) is 1. The van der Waals surface area contributed by atoms with Gasteiger partial charge in [-0.25, -0.2) is 9.80 Å². The summed E-state index contributed by atoms with van der Waals surface area (Å²) in [6, 6.07) is 15.3. The topological polar surface area (TPSA) is 121 Å². The van der Waals surface area contributed by atoms with Crippen molar-refractivity contribution in [2.24, 2.45) is 11.0 Å². The van der Waals surface area contributed by atoms with Crippen molar-refractivity contribution in [3.8, 4) is 0 Å². The van der Waals surface area contributed by atoms with Crippen LogP contribution in [0.25, 0.3) is 0 Å². The van der Waals surface area contributed by atoms with E-state index in [2.05, 4.69) is 15.4 Å². The molecular formula is C26H24N6O4. The van der Waals surface area contributed by atoms with Crippen LogP contribution in [0.1, 0.15) is 35.6 Å². The Morgan fingerprint density at radius 1 is 1.08 bits per heavy atom. The number of aromatic nitrogens is 1. The van der Waals surface area contributed by atoms with Crippen LogP contribution in [0.5, 0.6) is 0 Å². The summed E-state index contributed by atoms with van der Waals surface area (Å²) in [5.41, 5.74) is 5.22. The minimum atomic E-state index is -0.457. The predicted octanol–water partition coefficient (Wildman–Crippen LogP) is 4.31. The Hall–Kier alpha value is -4.60. The zero-order valence-corrected chi connectivity index (χ0v) is 19.6. The highest BCUT2D eigenvalue weighted by atomic mass is 16.6. The quantitative estimate of drug-likeness (QED) is 0.427. The smallest absolute Gasteiger partial charge is 0.316 e. The van der Waals surface area contributed by atoms with Gasteiger partial charge in [0.2, 0.25) is 5.91 Å². The third kappa shape index (κ3) is 4.78. The fourth-order valence-electron chi connectivity index (χ4n) is 4.40. The maximum atomic E-state index is 12.7. The normalized spacial score (nSPS) is 17.0. The van der Waals surface area contributed by atoms with E-state index in [9.17, 15) is 19.7 Å². The van der Waals surface area contributed by atoms with Crippen molar-refractivity contribution < 1.29 is 14.5 Å². The van der Waals surface area contributed by atoms with Crippen molar-refractivity contribution in [2.45, 2.75) is 33.0 Å². The van der Waals surface area contributed by atoms with E-state index in [1.165, 1.54) is 17.1 Å². The number of hydrogen-bond acceptors (Lipinski definition) is 6. The van der Waals surface area contributed by atoms with Gasteiger partial charge in [0.25, 0.3) is 5.69 Å². The van der Waals surface area contributed by atoms with Crippen LogP contribution in [-0.4, -0.2) is 37.5 Å². The van der Waals surface area contributed by atoms with E-state index >= 15 is 0 Å². The maximum absolute atomic E-state index is 12.7. The third-order valence-electron chi connectivity index (χ3n) is 6.39. The summed E-state index contributed by atoms with van der Waals surface area (Å²) in [5.74, 6) is -0.168. The SMILES string of the molecule is CC1CC(=O)N(Cc2ccc([N+](=O)[O-])cc2)N=C1c1ccc(NC(=O)N2Cc3ccncc3C2)cc1. The van der Waals surface area contributed by atoms with Crippen molar-refractivity contribution in [3.05, 3.63) is 99.4 Å². The van der Waals surface area contributed by atoms with Crippen molar-refractivity contribution in [3.63, 3.8) is 0 Å². The monoisotopic (exact) mass is 484 g/mol. The molecule has 0 radical (unpaired) electrons. The average molecular weight is 485 g/mol. The van der Waals surface area contributed by atoms with Gasteiger partial charge in [0.1, 0.15) is 0 Å². The van der Waals surface area contributed by atoms with E-state index in [-0.39, 0.29) is 30.1 Å². The first kappa shape index (κ1) is 23.2. The standard InChI is InChI=1S/C26H24N6O4/c1-17-12-24(33)31(14-18-2-8-23(9-3-18)32(35)36)29-25(17)19-4-6-22(7-5-19)28-26(34)30-15-20-10-11-27-13-21(20)16-30/h2-11,13,17H,12,14-16H2,1H3,(H,28,34). The van der Waals surface area contributed by atoms with Crippen molar-refractivity contribution in [2.75, 3.05) is 5.32 Å². The van der Waals surface area contributed by atoms with Gasteiger partial charge in [-0.3, -0.25) is 19.9 Å². The molecule has 36 heavy (non-hydrogen) atoms. The molecule has 1 atom stereocenters. The summed E-state index contributed by atoms with van der Waals surface area (Å²) in [4.78, 5) is 41.6. The number of carbonyl (C=O) groups is 2. The van der Waals surface area contributed by atoms with Crippen LogP contribution in [-0.2, 0) is 24.4 Å². The summed E-state index contributed by atoms with van der Waals surface area (Å²) in [6.07, 6.45) is 3.84. The first-order valence-corrected chi connectivity index (χ1v) is 11.6. The van der Waals surface area contributed by atoms with Gasteiger partial charge >= 0.3 is 6.03 Å². The number of rotatable bonds is 5. The fourth-order valence-corrected chi connectivity index (χ4v) is 4.40. The number of non-ortho nitro benzene ring substituents is 1. The molecule has 3 heterocycles. The van der Waals surface area contributed by atoms with Gasteiger partial charge in [0.05, 0.1) is 17.2 Å². The molecule has 2 aliphatic rings. The molecular weight excluding hydrogens is 460 g/mol. The van der Waals surface area contributed by atoms with Crippen LogP contribution >= 0.6 is 0 Å². The lowest BCUT2D eigenvalue weighted by molar-refractivity contribution is -0.384. The third-order valence-corrected chi connectivity index (χ3v) is 6.39.